The summed E-state index contributed by atoms with van der Waals surface area (Å²) in [6.07, 6.45) is 9.65. The number of hydrogen-bond donors (Lipinski definition) is 1. The molecule has 3 rings (SSSR count). The first-order valence-corrected chi connectivity index (χ1v) is 7.98. The van der Waals surface area contributed by atoms with E-state index >= 15 is 0 Å². The van der Waals surface area contributed by atoms with Gasteiger partial charge in [-0.05, 0) is 56.5 Å². The number of nitrogens with one attached hydrogen (secondary N) is 1. The van der Waals surface area contributed by atoms with Gasteiger partial charge in [-0.25, -0.2) is 0 Å². The minimum atomic E-state index is 0.707. The molecule has 104 valence electrons. The number of benzene rings is 1. The van der Waals surface area contributed by atoms with Crippen molar-refractivity contribution < 1.29 is 0 Å². The number of hydrogen-bond acceptors (Lipinski definition) is 2. The summed E-state index contributed by atoms with van der Waals surface area (Å²) in [5.74, 6) is 0. The second-order valence-electron chi connectivity index (χ2n) is 6.16. The van der Waals surface area contributed by atoms with Crippen LogP contribution in [0.4, 0.5) is 5.69 Å². The van der Waals surface area contributed by atoms with Crippen LogP contribution in [-0.4, -0.2) is 24.0 Å². The highest BCUT2D eigenvalue weighted by Gasteiger charge is 2.13. The first-order chi connectivity index (χ1) is 9.40. The molecule has 0 amide bonds. The molecule has 1 aromatic carbocycles. The zero-order valence-corrected chi connectivity index (χ0v) is 11.9. The molecule has 1 aliphatic heterocycles. The van der Waals surface area contributed by atoms with Gasteiger partial charge in [0.25, 0.3) is 0 Å². The van der Waals surface area contributed by atoms with Crippen LogP contribution >= 0.6 is 0 Å². The van der Waals surface area contributed by atoms with Crippen molar-refractivity contribution in [2.75, 3.05) is 18.4 Å². The van der Waals surface area contributed by atoms with Crippen LogP contribution in [0.2, 0.25) is 0 Å². The van der Waals surface area contributed by atoms with Crippen molar-refractivity contribution in [1.82, 2.24) is 4.90 Å². The standard InChI is InChI=1S/C17H26N2/c1-2-6-16(7-3-1)18-17-10-8-15(9-11-17)14-19-12-4-5-13-19/h8-11,16,18H,1-7,12-14H2. The van der Waals surface area contributed by atoms with Gasteiger partial charge in [0.05, 0.1) is 0 Å². The van der Waals surface area contributed by atoms with Crippen LogP contribution in [0.15, 0.2) is 24.3 Å². The summed E-state index contributed by atoms with van der Waals surface area (Å²) >= 11 is 0. The Morgan fingerprint density at radius 3 is 2.26 bits per heavy atom. The van der Waals surface area contributed by atoms with Crippen molar-refractivity contribution in [2.45, 2.75) is 57.5 Å². The van der Waals surface area contributed by atoms with Gasteiger partial charge in [0.2, 0.25) is 0 Å². The van der Waals surface area contributed by atoms with E-state index in [1.54, 1.807) is 0 Å². The molecule has 19 heavy (non-hydrogen) atoms. The molecule has 1 saturated carbocycles. The molecule has 1 N–H and O–H groups in total. The Morgan fingerprint density at radius 2 is 1.58 bits per heavy atom. The van der Waals surface area contributed by atoms with Gasteiger partial charge >= 0.3 is 0 Å². The highest BCUT2D eigenvalue weighted by atomic mass is 15.1. The van der Waals surface area contributed by atoms with Crippen LogP contribution in [0.25, 0.3) is 0 Å². The summed E-state index contributed by atoms with van der Waals surface area (Å²) in [5.41, 5.74) is 2.76. The van der Waals surface area contributed by atoms with Gasteiger partial charge in [-0.1, -0.05) is 31.4 Å². The largest absolute Gasteiger partial charge is 0.382 e. The molecule has 1 aromatic rings. The maximum absolute atomic E-state index is 3.69. The summed E-state index contributed by atoms with van der Waals surface area (Å²) in [5, 5.41) is 3.69. The Bertz CT molecular complexity index is 373. The Balaban J connectivity index is 1.52. The number of likely N-dealkylation sites (tertiary alicyclic amines) is 1. The minimum Gasteiger partial charge on any atom is -0.382 e. The predicted molar refractivity (Wildman–Crippen MR) is 81.4 cm³/mol. The predicted octanol–water partition coefficient (Wildman–Crippen LogP) is 4.03. The van der Waals surface area contributed by atoms with Gasteiger partial charge in [-0.2, -0.15) is 0 Å². The summed E-state index contributed by atoms with van der Waals surface area (Å²) in [7, 11) is 0. The fourth-order valence-corrected chi connectivity index (χ4v) is 3.39. The van der Waals surface area contributed by atoms with E-state index in [2.05, 4.69) is 34.5 Å². The number of nitrogens with zero attached hydrogens (tertiary/aromatic N) is 1. The second kappa shape index (κ2) is 6.42. The summed E-state index contributed by atoms with van der Waals surface area (Å²) < 4.78 is 0. The van der Waals surface area contributed by atoms with Gasteiger partial charge < -0.3 is 5.32 Å². The second-order valence-corrected chi connectivity index (χ2v) is 6.16. The lowest BCUT2D eigenvalue weighted by molar-refractivity contribution is 0.331. The fraction of sp³-hybridized carbons (Fsp3) is 0.647. The van der Waals surface area contributed by atoms with Gasteiger partial charge in [0, 0.05) is 18.3 Å². The molecule has 1 heterocycles. The molecule has 0 bridgehead atoms. The maximum Gasteiger partial charge on any atom is 0.0342 e. The average Bonchev–Trinajstić information content (AvgIpc) is 2.95. The Labute approximate surface area is 117 Å². The molecule has 2 nitrogen and oxygen atoms in total. The smallest absolute Gasteiger partial charge is 0.0342 e. The molecular weight excluding hydrogens is 232 g/mol. The van der Waals surface area contributed by atoms with E-state index in [1.807, 2.05) is 0 Å². The van der Waals surface area contributed by atoms with Crippen LogP contribution in [0, 0.1) is 0 Å². The van der Waals surface area contributed by atoms with Gasteiger partial charge in [-0.3, -0.25) is 4.90 Å². The molecule has 1 saturated heterocycles. The van der Waals surface area contributed by atoms with E-state index in [4.69, 9.17) is 0 Å². The van der Waals surface area contributed by atoms with Gasteiger partial charge in [0.1, 0.15) is 0 Å². The lowest BCUT2D eigenvalue weighted by Crippen LogP contribution is -2.22. The van der Waals surface area contributed by atoms with E-state index in [0.29, 0.717) is 6.04 Å². The molecule has 2 fully saturated rings. The Morgan fingerprint density at radius 1 is 0.895 bits per heavy atom. The zero-order valence-electron chi connectivity index (χ0n) is 11.9. The SMILES string of the molecule is c1cc(NC2CCCCC2)ccc1CN1CCCC1. The minimum absolute atomic E-state index is 0.707. The highest BCUT2D eigenvalue weighted by molar-refractivity contribution is 5.45. The molecule has 0 spiro atoms. The van der Waals surface area contributed by atoms with E-state index in [0.717, 1.165) is 6.54 Å². The lowest BCUT2D eigenvalue weighted by Gasteiger charge is -2.24. The van der Waals surface area contributed by atoms with Gasteiger partial charge in [-0.15, -0.1) is 0 Å². The van der Waals surface area contributed by atoms with Crippen molar-refractivity contribution >= 4 is 5.69 Å². The lowest BCUT2D eigenvalue weighted by atomic mass is 9.95. The van der Waals surface area contributed by atoms with E-state index < -0.39 is 0 Å². The molecule has 1 aliphatic carbocycles. The van der Waals surface area contributed by atoms with Crippen LogP contribution in [0.5, 0.6) is 0 Å². The maximum atomic E-state index is 3.69. The zero-order chi connectivity index (χ0) is 12.9. The van der Waals surface area contributed by atoms with E-state index in [-0.39, 0.29) is 0 Å². The third kappa shape index (κ3) is 3.73. The molecule has 2 aliphatic rings. The van der Waals surface area contributed by atoms with Crippen molar-refractivity contribution in [2.24, 2.45) is 0 Å². The van der Waals surface area contributed by atoms with Crippen LogP contribution < -0.4 is 5.32 Å². The van der Waals surface area contributed by atoms with Crippen molar-refractivity contribution in [3.8, 4) is 0 Å². The van der Waals surface area contributed by atoms with Crippen LogP contribution in [0.3, 0.4) is 0 Å². The summed E-state index contributed by atoms with van der Waals surface area (Å²) in [6.45, 7) is 3.69. The van der Waals surface area contributed by atoms with Crippen molar-refractivity contribution in [3.63, 3.8) is 0 Å². The normalized spacial score (nSPS) is 21.7. The molecule has 0 aromatic heterocycles. The van der Waals surface area contributed by atoms with Crippen LogP contribution in [-0.2, 0) is 6.54 Å². The highest BCUT2D eigenvalue weighted by Crippen LogP contribution is 2.22. The molecule has 0 atom stereocenters. The molecule has 0 radical (unpaired) electrons. The fourth-order valence-electron chi connectivity index (χ4n) is 3.39. The third-order valence-corrected chi connectivity index (χ3v) is 4.53. The first kappa shape index (κ1) is 13.0. The van der Waals surface area contributed by atoms with E-state index in [1.165, 1.54) is 69.3 Å². The average molecular weight is 258 g/mol. The Kier molecular flexibility index (Phi) is 4.39. The topological polar surface area (TPSA) is 15.3 Å². The van der Waals surface area contributed by atoms with E-state index in [9.17, 15) is 0 Å². The summed E-state index contributed by atoms with van der Waals surface area (Å²) in [6, 6.07) is 9.82. The van der Waals surface area contributed by atoms with Crippen molar-refractivity contribution in [1.29, 1.82) is 0 Å². The molecule has 0 unspecified atom stereocenters. The monoisotopic (exact) mass is 258 g/mol. The number of anilines is 1. The number of rotatable bonds is 4. The molecule has 2 heteroatoms. The third-order valence-electron chi connectivity index (χ3n) is 4.53. The Hall–Kier alpha value is -1.02. The molecular formula is C17H26N2. The quantitative estimate of drug-likeness (QED) is 0.877. The van der Waals surface area contributed by atoms with Crippen molar-refractivity contribution in [3.05, 3.63) is 29.8 Å². The summed E-state index contributed by atoms with van der Waals surface area (Å²) in [4.78, 5) is 2.56. The first-order valence-electron chi connectivity index (χ1n) is 7.98. The van der Waals surface area contributed by atoms with Crippen LogP contribution in [0.1, 0.15) is 50.5 Å². The van der Waals surface area contributed by atoms with Gasteiger partial charge in [0.15, 0.2) is 0 Å².